The summed E-state index contributed by atoms with van der Waals surface area (Å²) in [6.07, 6.45) is 0.514. The molecule has 1 aliphatic heterocycles. The zero-order valence-corrected chi connectivity index (χ0v) is 20.4. The van der Waals surface area contributed by atoms with E-state index in [4.69, 9.17) is 9.47 Å². The first kappa shape index (κ1) is 24.6. The predicted octanol–water partition coefficient (Wildman–Crippen LogP) is 4.55. The predicted molar refractivity (Wildman–Crippen MR) is 133 cm³/mol. The number of aliphatic hydroxyl groups excluding tert-OH is 1. The molecule has 186 valence electrons. The number of fused-ring (bicyclic) bond motifs is 1. The van der Waals surface area contributed by atoms with E-state index in [2.05, 4.69) is 10.3 Å². The molecule has 3 N–H and O–H groups in total. The number of H-pyrrole nitrogens is 1. The summed E-state index contributed by atoms with van der Waals surface area (Å²) in [7, 11) is 0. The molecule has 3 aromatic rings. The third kappa shape index (κ3) is 5.95. The van der Waals surface area contributed by atoms with Gasteiger partial charge < -0.3 is 29.8 Å². The molecule has 1 aromatic heterocycles. The fourth-order valence-electron chi connectivity index (χ4n) is 4.60. The molecule has 1 fully saturated rings. The topological polar surface area (TPSA) is 104 Å². The van der Waals surface area contributed by atoms with E-state index in [-0.39, 0.29) is 19.1 Å². The van der Waals surface area contributed by atoms with Crippen molar-refractivity contribution < 1.29 is 24.2 Å². The number of aromatic nitrogens is 1. The van der Waals surface area contributed by atoms with Gasteiger partial charge in [0.2, 0.25) is 0 Å². The second-order valence-electron chi connectivity index (χ2n) is 9.86. The van der Waals surface area contributed by atoms with Crippen LogP contribution in [0.1, 0.15) is 44.2 Å². The lowest BCUT2D eigenvalue weighted by Gasteiger charge is -2.34. The molecule has 35 heavy (non-hydrogen) atoms. The van der Waals surface area contributed by atoms with Crippen LogP contribution in [0.4, 0.5) is 9.59 Å². The smallest absolute Gasteiger partial charge is 0.410 e. The van der Waals surface area contributed by atoms with Gasteiger partial charge in [0.15, 0.2) is 0 Å². The Hall–Kier alpha value is -3.52. The number of carbonyl (C=O) groups excluding carboxylic acids is 2. The summed E-state index contributed by atoms with van der Waals surface area (Å²) in [5, 5.41) is 14.8. The van der Waals surface area contributed by atoms with Crippen molar-refractivity contribution in [1.29, 1.82) is 0 Å². The van der Waals surface area contributed by atoms with Crippen LogP contribution in [0.15, 0.2) is 60.8 Å². The summed E-state index contributed by atoms with van der Waals surface area (Å²) >= 11 is 0. The number of amides is 2. The molecule has 1 aliphatic rings. The highest BCUT2D eigenvalue weighted by atomic mass is 16.6. The van der Waals surface area contributed by atoms with Crippen LogP contribution in [0.3, 0.4) is 0 Å². The van der Waals surface area contributed by atoms with Gasteiger partial charge in [0.05, 0.1) is 12.1 Å². The summed E-state index contributed by atoms with van der Waals surface area (Å²) in [5.41, 5.74) is 2.07. The number of aromatic amines is 1. The summed E-state index contributed by atoms with van der Waals surface area (Å²) in [6, 6.07) is 16.7. The number of rotatable bonds is 6. The van der Waals surface area contributed by atoms with Gasteiger partial charge in [-0.1, -0.05) is 48.5 Å². The lowest BCUT2D eigenvalue weighted by molar-refractivity contribution is 0.0117. The van der Waals surface area contributed by atoms with Crippen molar-refractivity contribution in [3.8, 4) is 0 Å². The van der Waals surface area contributed by atoms with Crippen molar-refractivity contribution in [3.05, 3.63) is 71.9 Å². The van der Waals surface area contributed by atoms with E-state index in [0.717, 1.165) is 22.0 Å². The van der Waals surface area contributed by atoms with E-state index in [1.54, 1.807) is 4.90 Å². The minimum absolute atomic E-state index is 0.153. The van der Waals surface area contributed by atoms with Crippen molar-refractivity contribution in [2.75, 3.05) is 13.1 Å². The van der Waals surface area contributed by atoms with Crippen LogP contribution in [0, 0.1) is 0 Å². The summed E-state index contributed by atoms with van der Waals surface area (Å²) in [6.45, 7) is 6.14. The minimum Gasteiger partial charge on any atom is -0.445 e. The van der Waals surface area contributed by atoms with Crippen molar-refractivity contribution in [3.63, 3.8) is 0 Å². The number of hydrogen-bond acceptors (Lipinski definition) is 5. The average molecular weight is 480 g/mol. The summed E-state index contributed by atoms with van der Waals surface area (Å²) in [5.74, 6) is -0.388. The molecule has 0 saturated carbocycles. The first-order valence-corrected chi connectivity index (χ1v) is 11.9. The standard InChI is InChI=1S/C27H33N3O5/c1-27(2,3)35-26(33)30-14-13-23(31)24(30)21(20-15-28-22-12-8-7-11-19(20)22)16-29-25(32)34-17-18-9-5-4-6-10-18/h4-12,15,21,23-24,28,31H,13-14,16-17H2,1-3H3,(H,29,32)/t21-,23-,24+/m0/s1. The molecular weight excluding hydrogens is 446 g/mol. The molecule has 0 bridgehead atoms. The molecule has 2 aromatic carbocycles. The third-order valence-corrected chi connectivity index (χ3v) is 6.16. The number of para-hydroxylation sites is 1. The summed E-state index contributed by atoms with van der Waals surface area (Å²) in [4.78, 5) is 30.4. The first-order valence-electron chi connectivity index (χ1n) is 11.9. The van der Waals surface area contributed by atoms with Gasteiger partial charge >= 0.3 is 12.2 Å². The molecule has 1 saturated heterocycles. The maximum Gasteiger partial charge on any atom is 0.410 e. The van der Waals surface area contributed by atoms with E-state index < -0.39 is 29.9 Å². The normalized spacial score (nSPS) is 18.9. The number of carbonyl (C=O) groups is 2. The maximum absolute atomic E-state index is 13.0. The molecular formula is C27H33N3O5. The van der Waals surface area contributed by atoms with E-state index in [9.17, 15) is 14.7 Å². The number of likely N-dealkylation sites (tertiary alicyclic amines) is 1. The van der Waals surface area contributed by atoms with Crippen LogP contribution in [0.5, 0.6) is 0 Å². The Morgan fingerprint density at radius 3 is 2.60 bits per heavy atom. The number of benzene rings is 2. The quantitative estimate of drug-likeness (QED) is 0.481. The fraction of sp³-hybridized carbons (Fsp3) is 0.407. The van der Waals surface area contributed by atoms with Gasteiger partial charge in [0.25, 0.3) is 0 Å². The van der Waals surface area contributed by atoms with Gasteiger partial charge in [-0.2, -0.15) is 0 Å². The SMILES string of the molecule is CC(C)(C)OC(=O)N1CC[C@H](O)[C@H]1[C@@H](CNC(=O)OCc1ccccc1)c1c[nH]c2ccccc12. The van der Waals surface area contributed by atoms with Crippen molar-refractivity contribution in [2.45, 2.75) is 57.5 Å². The Morgan fingerprint density at radius 2 is 1.86 bits per heavy atom. The van der Waals surface area contributed by atoms with E-state index >= 15 is 0 Å². The fourth-order valence-corrected chi connectivity index (χ4v) is 4.60. The highest BCUT2D eigenvalue weighted by molar-refractivity contribution is 5.84. The highest BCUT2D eigenvalue weighted by Gasteiger charge is 2.44. The van der Waals surface area contributed by atoms with Gasteiger partial charge in [0.1, 0.15) is 12.2 Å². The Bertz CT molecular complexity index is 1150. The van der Waals surface area contributed by atoms with Gasteiger partial charge in [0, 0.05) is 36.1 Å². The molecule has 0 aliphatic carbocycles. The Balaban J connectivity index is 1.56. The molecule has 3 atom stereocenters. The van der Waals surface area contributed by atoms with Crippen LogP contribution in [-0.4, -0.2) is 58.0 Å². The Labute approximate surface area is 205 Å². The molecule has 4 rings (SSSR count). The Morgan fingerprint density at radius 1 is 1.14 bits per heavy atom. The first-order chi connectivity index (χ1) is 16.7. The van der Waals surface area contributed by atoms with E-state index in [0.29, 0.717) is 13.0 Å². The highest BCUT2D eigenvalue weighted by Crippen LogP contribution is 2.36. The number of nitrogens with zero attached hydrogens (tertiary/aromatic N) is 1. The van der Waals surface area contributed by atoms with Crippen LogP contribution in [0.25, 0.3) is 10.9 Å². The van der Waals surface area contributed by atoms with Crippen LogP contribution < -0.4 is 5.32 Å². The largest absolute Gasteiger partial charge is 0.445 e. The number of aliphatic hydroxyl groups is 1. The molecule has 0 radical (unpaired) electrons. The second kappa shape index (κ2) is 10.4. The van der Waals surface area contributed by atoms with Crippen LogP contribution in [-0.2, 0) is 16.1 Å². The number of alkyl carbamates (subject to hydrolysis) is 1. The van der Waals surface area contributed by atoms with Gasteiger partial charge in [-0.15, -0.1) is 0 Å². The summed E-state index contributed by atoms with van der Waals surface area (Å²) < 4.78 is 11.0. The number of nitrogens with one attached hydrogen (secondary N) is 2. The van der Waals surface area contributed by atoms with Crippen molar-refractivity contribution in [1.82, 2.24) is 15.2 Å². The van der Waals surface area contributed by atoms with E-state index in [1.807, 2.05) is 81.6 Å². The lowest BCUT2D eigenvalue weighted by atomic mass is 9.88. The van der Waals surface area contributed by atoms with Gasteiger partial charge in [-0.3, -0.25) is 0 Å². The maximum atomic E-state index is 13.0. The van der Waals surface area contributed by atoms with Crippen molar-refractivity contribution in [2.24, 2.45) is 0 Å². The Kier molecular flexibility index (Phi) is 7.31. The van der Waals surface area contributed by atoms with Crippen molar-refractivity contribution >= 4 is 23.1 Å². The molecule has 2 amide bonds. The lowest BCUT2D eigenvalue weighted by Crippen LogP contribution is -2.48. The monoisotopic (exact) mass is 479 g/mol. The van der Waals surface area contributed by atoms with Crippen LogP contribution >= 0.6 is 0 Å². The van der Waals surface area contributed by atoms with Crippen LogP contribution in [0.2, 0.25) is 0 Å². The third-order valence-electron chi connectivity index (χ3n) is 6.16. The molecule has 0 spiro atoms. The zero-order chi connectivity index (χ0) is 25.0. The molecule has 0 unspecified atom stereocenters. The minimum atomic E-state index is -0.761. The zero-order valence-electron chi connectivity index (χ0n) is 20.4. The molecule has 2 heterocycles. The second-order valence-corrected chi connectivity index (χ2v) is 9.86. The molecule has 8 nitrogen and oxygen atoms in total. The molecule has 8 heteroatoms. The van der Waals surface area contributed by atoms with E-state index in [1.165, 1.54) is 0 Å². The number of hydrogen-bond donors (Lipinski definition) is 3. The average Bonchev–Trinajstić information content (AvgIpc) is 3.42. The van der Waals surface area contributed by atoms with Gasteiger partial charge in [-0.25, -0.2) is 9.59 Å². The van der Waals surface area contributed by atoms with Gasteiger partial charge in [-0.05, 0) is 44.4 Å². The number of ether oxygens (including phenoxy) is 2.